The Bertz CT molecular complexity index is 951. The Kier molecular flexibility index (Phi) is 7.43. The average Bonchev–Trinajstić information content (AvgIpc) is 2.77. The second-order valence-corrected chi connectivity index (χ2v) is 7.71. The van der Waals surface area contributed by atoms with Crippen LogP contribution in [0, 0.1) is 11.3 Å². The van der Waals surface area contributed by atoms with Crippen molar-refractivity contribution in [1.82, 2.24) is 5.32 Å². The first-order valence-electron chi connectivity index (χ1n) is 9.77. The zero-order valence-corrected chi connectivity index (χ0v) is 17.2. The molecule has 0 heterocycles. The van der Waals surface area contributed by atoms with E-state index >= 15 is 0 Å². The number of hydrogen-bond donors (Lipinski definition) is 2. The number of aliphatic hydroxyl groups is 1. The Balaban J connectivity index is 1.88. The summed E-state index contributed by atoms with van der Waals surface area (Å²) in [7, 11) is 0. The molecule has 0 radical (unpaired) electrons. The van der Waals surface area contributed by atoms with Gasteiger partial charge in [-0.2, -0.15) is 5.26 Å². The van der Waals surface area contributed by atoms with Crippen molar-refractivity contribution in [3.05, 3.63) is 106 Å². The molecule has 2 N–H and O–H groups in total. The predicted octanol–water partition coefficient (Wildman–Crippen LogP) is 5.25. The lowest BCUT2D eigenvalue weighted by Gasteiger charge is -2.30. The molecule has 29 heavy (non-hydrogen) atoms. The Morgan fingerprint density at radius 3 is 2.31 bits per heavy atom. The maximum absolute atomic E-state index is 9.96. The van der Waals surface area contributed by atoms with Crippen LogP contribution < -0.4 is 5.32 Å². The van der Waals surface area contributed by atoms with Gasteiger partial charge in [0, 0.05) is 17.0 Å². The number of nitrogens with one attached hydrogen (secondary N) is 1. The van der Waals surface area contributed by atoms with Gasteiger partial charge in [0.1, 0.15) is 0 Å². The highest BCUT2D eigenvalue weighted by Gasteiger charge is 2.23. The molecule has 0 aliphatic heterocycles. The molecule has 0 saturated heterocycles. The number of hydrogen-bond acceptors (Lipinski definition) is 3. The van der Waals surface area contributed by atoms with Crippen molar-refractivity contribution in [2.75, 3.05) is 6.61 Å². The van der Waals surface area contributed by atoms with Gasteiger partial charge in [0.05, 0.1) is 24.3 Å². The third-order valence-corrected chi connectivity index (χ3v) is 5.52. The topological polar surface area (TPSA) is 56.0 Å². The summed E-state index contributed by atoms with van der Waals surface area (Å²) in [4.78, 5) is 0. The summed E-state index contributed by atoms with van der Waals surface area (Å²) in [5.74, 6) is 0.127. The van der Waals surface area contributed by atoms with Crippen molar-refractivity contribution in [2.24, 2.45) is 0 Å². The number of benzene rings is 3. The zero-order valence-electron chi connectivity index (χ0n) is 16.4. The van der Waals surface area contributed by atoms with E-state index in [2.05, 4.69) is 24.4 Å². The van der Waals surface area contributed by atoms with Gasteiger partial charge < -0.3 is 10.4 Å². The Morgan fingerprint density at radius 2 is 1.66 bits per heavy atom. The molecular formula is C25H25ClN2O. The van der Waals surface area contributed by atoms with Crippen LogP contribution in [-0.2, 0) is 6.42 Å². The fraction of sp³-hybridized carbons (Fsp3) is 0.240. The standard InChI is InChI=1S/C25H25ClN2O/c1-18(28-25(17-29)21-7-3-2-4-8-21)24(15-19-10-12-23(26)13-11-19)22-9-5-6-20(14-22)16-27/h2-14,18,24-25,28-29H,15,17H2,1H3/t18?,24?,25-/m1/s1. The van der Waals surface area contributed by atoms with Crippen LogP contribution in [0.15, 0.2) is 78.9 Å². The van der Waals surface area contributed by atoms with Gasteiger partial charge in [-0.05, 0) is 54.3 Å². The molecule has 3 rings (SSSR count). The van der Waals surface area contributed by atoms with E-state index in [-0.39, 0.29) is 24.6 Å². The zero-order chi connectivity index (χ0) is 20.6. The van der Waals surface area contributed by atoms with Gasteiger partial charge in [0.25, 0.3) is 0 Å². The van der Waals surface area contributed by atoms with Crippen LogP contribution in [0.2, 0.25) is 5.02 Å². The molecule has 4 heteroatoms. The minimum absolute atomic E-state index is 0.0141. The molecule has 0 aliphatic rings. The third kappa shape index (κ3) is 5.68. The average molecular weight is 405 g/mol. The van der Waals surface area contributed by atoms with Crippen LogP contribution in [0.3, 0.4) is 0 Å². The molecule has 0 spiro atoms. The predicted molar refractivity (Wildman–Crippen MR) is 118 cm³/mol. The molecule has 3 aromatic rings. The number of nitrogens with zero attached hydrogens (tertiary/aromatic N) is 1. The molecule has 3 aromatic carbocycles. The van der Waals surface area contributed by atoms with Gasteiger partial charge in [0.2, 0.25) is 0 Å². The molecular weight excluding hydrogens is 380 g/mol. The fourth-order valence-corrected chi connectivity index (χ4v) is 3.80. The molecule has 0 fully saturated rings. The monoisotopic (exact) mass is 404 g/mol. The van der Waals surface area contributed by atoms with Gasteiger partial charge >= 0.3 is 0 Å². The largest absolute Gasteiger partial charge is 0.394 e. The summed E-state index contributed by atoms with van der Waals surface area (Å²) in [6.07, 6.45) is 0.799. The highest BCUT2D eigenvalue weighted by Crippen LogP contribution is 2.28. The van der Waals surface area contributed by atoms with Crippen molar-refractivity contribution < 1.29 is 5.11 Å². The summed E-state index contributed by atoms with van der Waals surface area (Å²) in [5.41, 5.74) is 3.98. The van der Waals surface area contributed by atoms with Gasteiger partial charge in [-0.1, -0.05) is 66.2 Å². The highest BCUT2D eigenvalue weighted by atomic mass is 35.5. The van der Waals surface area contributed by atoms with Crippen molar-refractivity contribution in [3.63, 3.8) is 0 Å². The Morgan fingerprint density at radius 1 is 0.966 bits per heavy atom. The number of halogens is 1. The molecule has 0 aromatic heterocycles. The number of nitriles is 1. The van der Waals surface area contributed by atoms with Crippen molar-refractivity contribution in [2.45, 2.75) is 31.3 Å². The van der Waals surface area contributed by atoms with E-state index in [1.165, 1.54) is 5.56 Å². The summed E-state index contributed by atoms with van der Waals surface area (Å²) >= 11 is 6.05. The van der Waals surface area contributed by atoms with Gasteiger partial charge in [-0.15, -0.1) is 0 Å². The number of rotatable bonds is 8. The molecule has 148 valence electrons. The van der Waals surface area contributed by atoms with Gasteiger partial charge in [0.15, 0.2) is 0 Å². The lowest BCUT2D eigenvalue weighted by atomic mass is 9.85. The lowest BCUT2D eigenvalue weighted by molar-refractivity contribution is 0.229. The van der Waals surface area contributed by atoms with Crippen LogP contribution in [0.25, 0.3) is 0 Å². The SMILES string of the molecule is CC(N[C@H](CO)c1ccccc1)C(Cc1ccc(Cl)cc1)c1cccc(C#N)c1. The van der Waals surface area contributed by atoms with Crippen LogP contribution in [0.5, 0.6) is 0 Å². The summed E-state index contributed by atoms with van der Waals surface area (Å²) in [6.45, 7) is 2.14. The van der Waals surface area contributed by atoms with Crippen molar-refractivity contribution >= 4 is 11.6 Å². The Labute approximate surface area is 177 Å². The van der Waals surface area contributed by atoms with E-state index in [4.69, 9.17) is 11.6 Å². The maximum Gasteiger partial charge on any atom is 0.0991 e. The summed E-state index contributed by atoms with van der Waals surface area (Å²) in [5, 5.41) is 23.6. The van der Waals surface area contributed by atoms with E-state index in [9.17, 15) is 10.4 Å². The van der Waals surface area contributed by atoms with Crippen LogP contribution in [0.1, 0.15) is 41.1 Å². The maximum atomic E-state index is 9.96. The first kappa shape index (κ1) is 21.1. The molecule has 0 saturated carbocycles. The van der Waals surface area contributed by atoms with Gasteiger partial charge in [-0.3, -0.25) is 0 Å². The first-order chi connectivity index (χ1) is 14.1. The molecule has 0 bridgehead atoms. The van der Waals surface area contributed by atoms with E-state index in [1.807, 2.05) is 72.8 Å². The van der Waals surface area contributed by atoms with Crippen LogP contribution in [0.4, 0.5) is 0 Å². The second-order valence-electron chi connectivity index (χ2n) is 7.28. The highest BCUT2D eigenvalue weighted by molar-refractivity contribution is 6.30. The third-order valence-electron chi connectivity index (χ3n) is 5.26. The van der Waals surface area contributed by atoms with Crippen LogP contribution in [-0.4, -0.2) is 17.8 Å². The van der Waals surface area contributed by atoms with Crippen LogP contribution >= 0.6 is 11.6 Å². The van der Waals surface area contributed by atoms with E-state index in [1.54, 1.807) is 0 Å². The molecule has 3 nitrogen and oxygen atoms in total. The van der Waals surface area contributed by atoms with Crippen molar-refractivity contribution in [3.8, 4) is 6.07 Å². The minimum atomic E-state index is -0.155. The molecule has 0 amide bonds. The smallest absolute Gasteiger partial charge is 0.0991 e. The van der Waals surface area contributed by atoms with E-state index < -0.39 is 0 Å². The molecule has 3 atom stereocenters. The van der Waals surface area contributed by atoms with E-state index in [0.717, 1.165) is 17.5 Å². The lowest BCUT2D eigenvalue weighted by Crippen LogP contribution is -2.37. The Hall–Kier alpha value is -2.64. The molecule has 0 aliphatic carbocycles. The second kappa shape index (κ2) is 10.2. The fourth-order valence-electron chi connectivity index (χ4n) is 3.67. The normalized spacial score (nSPS) is 14.0. The summed E-state index contributed by atoms with van der Waals surface area (Å²) < 4.78 is 0. The first-order valence-corrected chi connectivity index (χ1v) is 10.1. The molecule has 2 unspecified atom stereocenters. The quantitative estimate of drug-likeness (QED) is 0.539. The number of aliphatic hydroxyl groups excluding tert-OH is 1. The van der Waals surface area contributed by atoms with Gasteiger partial charge in [-0.25, -0.2) is 0 Å². The van der Waals surface area contributed by atoms with E-state index in [0.29, 0.717) is 10.6 Å². The van der Waals surface area contributed by atoms with Crippen molar-refractivity contribution in [1.29, 1.82) is 5.26 Å². The minimum Gasteiger partial charge on any atom is -0.394 e. The summed E-state index contributed by atoms with van der Waals surface area (Å²) in [6, 6.07) is 27.8.